The molecular formula is C19H22N2O2S. The molecule has 1 aromatic carbocycles. The van der Waals surface area contributed by atoms with Crippen LogP contribution in [0.25, 0.3) is 0 Å². The Morgan fingerprint density at radius 1 is 0.917 bits per heavy atom. The second kappa shape index (κ2) is 8.11. The van der Waals surface area contributed by atoms with Crippen molar-refractivity contribution < 1.29 is 9.59 Å². The zero-order valence-electron chi connectivity index (χ0n) is 13.6. The highest BCUT2D eigenvalue weighted by molar-refractivity contribution is 7.14. The van der Waals surface area contributed by atoms with Crippen molar-refractivity contribution in [1.82, 2.24) is 10.6 Å². The van der Waals surface area contributed by atoms with Crippen LogP contribution >= 0.6 is 11.3 Å². The number of aryl methyl sites for hydroxylation is 2. The normalized spacial score (nSPS) is 13.7. The van der Waals surface area contributed by atoms with Gasteiger partial charge in [0.2, 0.25) is 0 Å². The van der Waals surface area contributed by atoms with Gasteiger partial charge in [-0.1, -0.05) is 24.6 Å². The van der Waals surface area contributed by atoms with Gasteiger partial charge in [0.15, 0.2) is 0 Å². The van der Waals surface area contributed by atoms with Gasteiger partial charge in [-0.3, -0.25) is 9.59 Å². The van der Waals surface area contributed by atoms with Gasteiger partial charge in [-0.15, -0.1) is 11.3 Å². The van der Waals surface area contributed by atoms with E-state index >= 15 is 0 Å². The molecule has 2 amide bonds. The maximum atomic E-state index is 12.2. The summed E-state index contributed by atoms with van der Waals surface area (Å²) in [5, 5.41) is 5.70. The highest BCUT2D eigenvalue weighted by Crippen LogP contribution is 2.28. The van der Waals surface area contributed by atoms with E-state index in [0.29, 0.717) is 18.7 Å². The SMILES string of the molecule is O=C(NCCNC(=O)c1cc2c(s1)CCCCC2)c1ccccc1. The molecule has 0 saturated carbocycles. The van der Waals surface area contributed by atoms with Crippen molar-refractivity contribution >= 4 is 23.2 Å². The van der Waals surface area contributed by atoms with Crippen LogP contribution in [-0.2, 0) is 12.8 Å². The Bertz CT molecular complexity index is 686. The van der Waals surface area contributed by atoms with Crippen LogP contribution in [0.3, 0.4) is 0 Å². The average molecular weight is 342 g/mol. The molecule has 5 heteroatoms. The maximum Gasteiger partial charge on any atom is 0.261 e. The van der Waals surface area contributed by atoms with Gasteiger partial charge in [-0.05, 0) is 49.4 Å². The van der Waals surface area contributed by atoms with Crippen LogP contribution in [-0.4, -0.2) is 24.9 Å². The number of fused-ring (bicyclic) bond motifs is 1. The van der Waals surface area contributed by atoms with E-state index in [1.54, 1.807) is 23.5 Å². The van der Waals surface area contributed by atoms with E-state index in [-0.39, 0.29) is 11.8 Å². The minimum Gasteiger partial charge on any atom is -0.350 e. The molecule has 2 N–H and O–H groups in total. The Hall–Kier alpha value is -2.14. The molecule has 0 radical (unpaired) electrons. The largest absolute Gasteiger partial charge is 0.350 e. The van der Waals surface area contributed by atoms with E-state index in [0.717, 1.165) is 17.7 Å². The summed E-state index contributed by atoms with van der Waals surface area (Å²) in [5.74, 6) is -0.158. The maximum absolute atomic E-state index is 12.2. The minimum absolute atomic E-state index is 0.0398. The number of amides is 2. The van der Waals surface area contributed by atoms with Crippen molar-refractivity contribution in [3.63, 3.8) is 0 Å². The number of benzene rings is 1. The molecule has 1 aliphatic rings. The summed E-state index contributed by atoms with van der Waals surface area (Å²) in [5.41, 5.74) is 1.98. The standard InChI is InChI=1S/C19H22N2O2S/c22-18(14-7-3-1-4-8-14)20-11-12-21-19(23)17-13-15-9-5-2-6-10-16(15)24-17/h1,3-4,7-8,13H,2,5-6,9-12H2,(H,20,22)(H,21,23). The van der Waals surface area contributed by atoms with Crippen molar-refractivity contribution in [2.24, 2.45) is 0 Å². The zero-order chi connectivity index (χ0) is 16.8. The Balaban J connectivity index is 1.45. The summed E-state index contributed by atoms with van der Waals surface area (Å²) < 4.78 is 0. The second-order valence-corrected chi connectivity index (χ2v) is 7.13. The molecule has 126 valence electrons. The van der Waals surface area contributed by atoms with Crippen molar-refractivity contribution in [2.75, 3.05) is 13.1 Å². The molecule has 0 aliphatic heterocycles. The third-order valence-corrected chi connectivity index (χ3v) is 5.44. The monoisotopic (exact) mass is 342 g/mol. The number of thiophene rings is 1. The minimum atomic E-state index is -0.118. The molecule has 0 unspecified atom stereocenters. The molecule has 1 aliphatic carbocycles. The van der Waals surface area contributed by atoms with Crippen LogP contribution in [0.2, 0.25) is 0 Å². The third kappa shape index (κ3) is 4.23. The van der Waals surface area contributed by atoms with Gasteiger partial charge < -0.3 is 10.6 Å². The fourth-order valence-corrected chi connectivity index (χ4v) is 4.08. The lowest BCUT2D eigenvalue weighted by molar-refractivity contribution is 0.0929. The summed E-state index contributed by atoms with van der Waals surface area (Å²) in [6.45, 7) is 0.852. The van der Waals surface area contributed by atoms with Gasteiger partial charge in [0.1, 0.15) is 0 Å². The Kier molecular flexibility index (Phi) is 5.64. The zero-order valence-corrected chi connectivity index (χ0v) is 14.5. The average Bonchev–Trinajstić information content (AvgIpc) is 2.90. The fourth-order valence-electron chi connectivity index (χ4n) is 2.91. The van der Waals surface area contributed by atoms with Crippen LogP contribution in [0.5, 0.6) is 0 Å². The second-order valence-electron chi connectivity index (χ2n) is 6.00. The first-order valence-corrected chi connectivity index (χ1v) is 9.29. The van der Waals surface area contributed by atoms with E-state index in [9.17, 15) is 9.59 Å². The summed E-state index contributed by atoms with van der Waals surface area (Å²) >= 11 is 1.62. The first-order valence-electron chi connectivity index (χ1n) is 8.47. The predicted molar refractivity (Wildman–Crippen MR) is 96.7 cm³/mol. The number of carbonyl (C=O) groups is 2. The number of hydrogen-bond donors (Lipinski definition) is 2. The van der Waals surface area contributed by atoms with Gasteiger partial charge in [-0.25, -0.2) is 0 Å². The number of rotatable bonds is 5. The molecule has 0 saturated heterocycles. The molecule has 0 fully saturated rings. The number of carbonyl (C=O) groups excluding carboxylic acids is 2. The lowest BCUT2D eigenvalue weighted by Gasteiger charge is -2.06. The molecule has 2 aromatic rings. The smallest absolute Gasteiger partial charge is 0.261 e. The van der Waals surface area contributed by atoms with Crippen LogP contribution in [0.4, 0.5) is 0 Å². The van der Waals surface area contributed by atoms with Gasteiger partial charge >= 0.3 is 0 Å². The molecule has 0 spiro atoms. The third-order valence-electron chi connectivity index (χ3n) is 4.20. The van der Waals surface area contributed by atoms with Crippen LogP contribution in [0.15, 0.2) is 36.4 Å². The highest BCUT2D eigenvalue weighted by atomic mass is 32.1. The van der Waals surface area contributed by atoms with Crippen molar-refractivity contribution in [3.8, 4) is 0 Å². The van der Waals surface area contributed by atoms with Gasteiger partial charge in [-0.2, -0.15) is 0 Å². The van der Waals surface area contributed by atoms with Gasteiger partial charge in [0.25, 0.3) is 11.8 Å². The van der Waals surface area contributed by atoms with E-state index in [1.165, 1.54) is 29.7 Å². The first kappa shape index (κ1) is 16.7. The fraction of sp³-hybridized carbons (Fsp3) is 0.368. The summed E-state index contributed by atoms with van der Waals surface area (Å²) in [6.07, 6.45) is 5.91. The first-order chi connectivity index (χ1) is 11.7. The number of nitrogens with one attached hydrogen (secondary N) is 2. The van der Waals surface area contributed by atoms with Crippen LogP contribution in [0.1, 0.15) is 49.7 Å². The van der Waals surface area contributed by atoms with Gasteiger partial charge in [0, 0.05) is 23.5 Å². The quantitative estimate of drug-likeness (QED) is 0.648. The van der Waals surface area contributed by atoms with Crippen LogP contribution in [0, 0.1) is 0 Å². The molecular weight excluding hydrogens is 320 g/mol. The number of hydrogen-bond acceptors (Lipinski definition) is 3. The lowest BCUT2D eigenvalue weighted by atomic mass is 10.1. The Morgan fingerprint density at radius 2 is 1.62 bits per heavy atom. The lowest BCUT2D eigenvalue weighted by Crippen LogP contribution is -2.34. The molecule has 24 heavy (non-hydrogen) atoms. The van der Waals surface area contributed by atoms with Gasteiger partial charge in [0.05, 0.1) is 4.88 Å². The molecule has 3 rings (SSSR count). The Labute approximate surface area is 146 Å². The molecule has 1 heterocycles. The molecule has 0 bridgehead atoms. The topological polar surface area (TPSA) is 58.2 Å². The van der Waals surface area contributed by atoms with Crippen LogP contribution < -0.4 is 10.6 Å². The van der Waals surface area contributed by atoms with E-state index in [4.69, 9.17) is 0 Å². The Morgan fingerprint density at radius 3 is 2.42 bits per heavy atom. The van der Waals surface area contributed by atoms with Crippen molar-refractivity contribution in [1.29, 1.82) is 0 Å². The van der Waals surface area contributed by atoms with E-state index in [2.05, 4.69) is 10.6 Å². The summed E-state index contributed by atoms with van der Waals surface area (Å²) in [6, 6.07) is 11.1. The molecule has 4 nitrogen and oxygen atoms in total. The van der Waals surface area contributed by atoms with Crippen molar-refractivity contribution in [3.05, 3.63) is 57.3 Å². The molecule has 0 atom stereocenters. The summed E-state index contributed by atoms with van der Waals surface area (Å²) in [7, 11) is 0. The molecule has 1 aromatic heterocycles. The van der Waals surface area contributed by atoms with Crippen molar-refractivity contribution in [2.45, 2.75) is 32.1 Å². The predicted octanol–water partition coefficient (Wildman–Crippen LogP) is 3.18. The summed E-state index contributed by atoms with van der Waals surface area (Å²) in [4.78, 5) is 26.3. The highest BCUT2D eigenvalue weighted by Gasteiger charge is 2.16. The van der Waals surface area contributed by atoms with E-state index < -0.39 is 0 Å². The van der Waals surface area contributed by atoms with E-state index in [1.807, 2.05) is 24.3 Å².